The number of rotatable bonds is 8. The molecule has 0 aliphatic heterocycles. The van der Waals surface area contributed by atoms with E-state index in [1.165, 1.54) is 37.3 Å². The topological polar surface area (TPSA) is 114 Å². The quantitative estimate of drug-likeness (QED) is 0.411. The first-order valence-electron chi connectivity index (χ1n) is 8.13. The Morgan fingerprint density at radius 1 is 1.31 bits per heavy atom. The molecule has 0 saturated carbocycles. The van der Waals surface area contributed by atoms with Crippen molar-refractivity contribution in [3.63, 3.8) is 0 Å². The Morgan fingerprint density at radius 3 is 2.50 bits per heavy atom. The van der Waals surface area contributed by atoms with Crippen LogP contribution in [0, 0.1) is 10.1 Å². The molecule has 0 bridgehead atoms. The number of nitrogens with one attached hydrogen (secondary N) is 2. The van der Waals surface area contributed by atoms with Crippen LogP contribution in [0.3, 0.4) is 0 Å². The van der Waals surface area contributed by atoms with Crippen LogP contribution in [0.25, 0.3) is 0 Å². The highest BCUT2D eigenvalue weighted by Gasteiger charge is 2.22. The van der Waals surface area contributed by atoms with Gasteiger partial charge in [0.15, 0.2) is 0 Å². The van der Waals surface area contributed by atoms with Crippen LogP contribution in [-0.4, -0.2) is 61.0 Å². The number of benzene rings is 1. The summed E-state index contributed by atoms with van der Waals surface area (Å²) in [6, 6.07) is 4.17. The lowest BCUT2D eigenvalue weighted by atomic mass is 10.1. The fraction of sp³-hybridized carbons (Fsp3) is 0.529. The van der Waals surface area contributed by atoms with Crippen molar-refractivity contribution >= 4 is 23.2 Å². The summed E-state index contributed by atoms with van der Waals surface area (Å²) in [5, 5.41) is 16.9. The van der Waals surface area contributed by atoms with Crippen LogP contribution >= 0.6 is 0 Å². The van der Waals surface area contributed by atoms with Crippen molar-refractivity contribution in [3.05, 3.63) is 33.9 Å². The van der Waals surface area contributed by atoms with E-state index in [2.05, 4.69) is 10.6 Å². The van der Waals surface area contributed by atoms with E-state index in [0.717, 1.165) is 0 Å². The molecule has 9 nitrogen and oxygen atoms in total. The van der Waals surface area contributed by atoms with Crippen LogP contribution in [0.2, 0.25) is 0 Å². The minimum Gasteiger partial charge on any atom is -0.383 e. The number of likely N-dealkylation sites (N-methyl/N-ethyl adjacent to an activating group) is 1. The van der Waals surface area contributed by atoms with Crippen LogP contribution in [0.15, 0.2) is 18.2 Å². The summed E-state index contributed by atoms with van der Waals surface area (Å²) >= 11 is 0. The first-order chi connectivity index (χ1) is 12.0. The fourth-order valence-corrected chi connectivity index (χ4v) is 2.22. The summed E-state index contributed by atoms with van der Waals surface area (Å²) in [5.41, 5.74) is -0.175. The zero-order valence-corrected chi connectivity index (χ0v) is 15.8. The molecule has 0 aliphatic carbocycles. The van der Waals surface area contributed by atoms with Gasteiger partial charge in [0.25, 0.3) is 11.6 Å². The Labute approximate surface area is 152 Å². The van der Waals surface area contributed by atoms with Gasteiger partial charge in [-0.3, -0.25) is 19.7 Å². The molecule has 144 valence electrons. The van der Waals surface area contributed by atoms with E-state index in [0.29, 0.717) is 18.8 Å². The lowest BCUT2D eigenvalue weighted by Gasteiger charge is -2.23. The molecule has 1 rings (SSSR count). The standard InChI is InChI=1S/C17H26N4O5/c1-17(2,3)19-15(22)11-20(4)16(23)12-6-7-13(18-8-9-26-5)14(10-12)21(24)25/h6-7,10,18H,8-9,11H2,1-5H3,(H,19,22). The SMILES string of the molecule is COCCNc1ccc(C(=O)N(C)CC(=O)NC(C)(C)C)cc1[N+](=O)[O-]. The van der Waals surface area contributed by atoms with Crippen LogP contribution in [0.4, 0.5) is 11.4 Å². The van der Waals surface area contributed by atoms with Gasteiger partial charge in [-0.2, -0.15) is 0 Å². The highest BCUT2D eigenvalue weighted by atomic mass is 16.6. The Bertz CT molecular complexity index is 670. The number of anilines is 1. The van der Waals surface area contributed by atoms with Gasteiger partial charge in [0, 0.05) is 37.9 Å². The van der Waals surface area contributed by atoms with Crippen molar-refractivity contribution in [2.75, 3.05) is 39.2 Å². The van der Waals surface area contributed by atoms with Crippen LogP contribution in [-0.2, 0) is 9.53 Å². The number of nitrogens with zero attached hydrogens (tertiary/aromatic N) is 2. The smallest absolute Gasteiger partial charge is 0.293 e. The number of ether oxygens (including phenoxy) is 1. The van der Waals surface area contributed by atoms with Gasteiger partial charge in [0.1, 0.15) is 5.69 Å². The average Bonchev–Trinajstić information content (AvgIpc) is 2.52. The maximum Gasteiger partial charge on any atom is 0.293 e. The van der Waals surface area contributed by atoms with Crippen molar-refractivity contribution in [2.45, 2.75) is 26.3 Å². The molecule has 1 aromatic carbocycles. The van der Waals surface area contributed by atoms with Crippen molar-refractivity contribution in [1.29, 1.82) is 0 Å². The number of methoxy groups -OCH3 is 1. The minimum absolute atomic E-state index is 0.139. The molecule has 0 aliphatic rings. The number of nitro groups is 1. The second-order valence-electron chi connectivity index (χ2n) is 6.87. The summed E-state index contributed by atoms with van der Waals surface area (Å²) in [6.07, 6.45) is 0. The number of nitro benzene ring substituents is 1. The molecule has 0 aromatic heterocycles. The van der Waals surface area contributed by atoms with Gasteiger partial charge in [-0.05, 0) is 32.9 Å². The van der Waals surface area contributed by atoms with Crippen molar-refractivity contribution in [3.8, 4) is 0 Å². The molecule has 2 amide bonds. The van der Waals surface area contributed by atoms with E-state index in [1.54, 1.807) is 0 Å². The Morgan fingerprint density at radius 2 is 1.96 bits per heavy atom. The average molecular weight is 366 g/mol. The summed E-state index contributed by atoms with van der Waals surface area (Å²) in [5.74, 6) is -0.777. The number of hydrogen-bond donors (Lipinski definition) is 2. The zero-order valence-electron chi connectivity index (χ0n) is 15.8. The molecule has 0 atom stereocenters. The van der Waals surface area contributed by atoms with E-state index < -0.39 is 16.4 Å². The number of amides is 2. The number of carbonyl (C=O) groups is 2. The molecule has 0 saturated heterocycles. The number of hydrogen-bond acceptors (Lipinski definition) is 6. The fourth-order valence-electron chi connectivity index (χ4n) is 2.22. The maximum atomic E-state index is 12.5. The van der Waals surface area contributed by atoms with Gasteiger partial charge in [0.2, 0.25) is 5.91 Å². The summed E-state index contributed by atoms with van der Waals surface area (Å²) in [7, 11) is 3.00. The molecule has 0 spiro atoms. The van der Waals surface area contributed by atoms with Crippen molar-refractivity contribution in [1.82, 2.24) is 10.2 Å². The Balaban J connectivity index is 2.89. The van der Waals surface area contributed by atoms with Gasteiger partial charge in [-0.1, -0.05) is 0 Å². The van der Waals surface area contributed by atoms with Crippen LogP contribution in [0.5, 0.6) is 0 Å². The lowest BCUT2D eigenvalue weighted by Crippen LogP contribution is -2.46. The molecule has 0 fully saturated rings. The van der Waals surface area contributed by atoms with E-state index in [1.807, 2.05) is 20.8 Å². The number of carbonyl (C=O) groups excluding carboxylic acids is 2. The lowest BCUT2D eigenvalue weighted by molar-refractivity contribution is -0.384. The van der Waals surface area contributed by atoms with Crippen LogP contribution < -0.4 is 10.6 Å². The van der Waals surface area contributed by atoms with Crippen molar-refractivity contribution < 1.29 is 19.2 Å². The van der Waals surface area contributed by atoms with E-state index >= 15 is 0 Å². The zero-order chi connectivity index (χ0) is 19.9. The predicted octanol–water partition coefficient (Wildman–Crippen LogP) is 1.64. The first-order valence-corrected chi connectivity index (χ1v) is 8.13. The van der Waals surface area contributed by atoms with Gasteiger partial charge < -0.3 is 20.3 Å². The highest BCUT2D eigenvalue weighted by molar-refractivity contribution is 5.97. The monoisotopic (exact) mass is 366 g/mol. The Hall–Kier alpha value is -2.68. The maximum absolute atomic E-state index is 12.5. The van der Waals surface area contributed by atoms with E-state index in [-0.39, 0.29) is 23.7 Å². The van der Waals surface area contributed by atoms with Gasteiger partial charge in [-0.25, -0.2) is 0 Å². The third kappa shape index (κ3) is 6.67. The van der Waals surface area contributed by atoms with Gasteiger partial charge >= 0.3 is 0 Å². The predicted molar refractivity (Wildman–Crippen MR) is 98.3 cm³/mol. The molecule has 9 heteroatoms. The molecule has 2 N–H and O–H groups in total. The Kier molecular flexibility index (Phi) is 7.51. The largest absolute Gasteiger partial charge is 0.383 e. The highest BCUT2D eigenvalue weighted by Crippen LogP contribution is 2.26. The molecule has 0 unspecified atom stereocenters. The molecule has 0 radical (unpaired) electrons. The summed E-state index contributed by atoms with van der Waals surface area (Å²) in [4.78, 5) is 36.4. The van der Waals surface area contributed by atoms with Crippen LogP contribution in [0.1, 0.15) is 31.1 Å². The molecule has 1 aromatic rings. The third-order valence-electron chi connectivity index (χ3n) is 3.30. The molecular weight excluding hydrogens is 340 g/mol. The summed E-state index contributed by atoms with van der Waals surface area (Å²) in [6.45, 7) is 6.17. The second-order valence-corrected chi connectivity index (χ2v) is 6.87. The van der Waals surface area contributed by atoms with E-state index in [9.17, 15) is 19.7 Å². The van der Waals surface area contributed by atoms with Gasteiger partial charge in [0.05, 0.1) is 18.1 Å². The van der Waals surface area contributed by atoms with Crippen molar-refractivity contribution in [2.24, 2.45) is 0 Å². The molecular formula is C17H26N4O5. The minimum atomic E-state index is -0.557. The molecule has 0 heterocycles. The van der Waals surface area contributed by atoms with E-state index in [4.69, 9.17) is 4.74 Å². The van der Waals surface area contributed by atoms with Gasteiger partial charge in [-0.15, -0.1) is 0 Å². The first kappa shape index (κ1) is 21.4. The normalized spacial score (nSPS) is 11.0. The third-order valence-corrected chi connectivity index (χ3v) is 3.30. The second kappa shape index (κ2) is 9.14. The molecule has 26 heavy (non-hydrogen) atoms. The summed E-state index contributed by atoms with van der Waals surface area (Å²) < 4.78 is 4.90.